The van der Waals surface area contributed by atoms with E-state index in [2.05, 4.69) is 136 Å². The molecule has 0 amide bonds. The van der Waals surface area contributed by atoms with E-state index in [1.165, 1.54) is 33.5 Å². The summed E-state index contributed by atoms with van der Waals surface area (Å²) in [5.74, 6) is 2.18. The first kappa shape index (κ1) is 35.7. The summed E-state index contributed by atoms with van der Waals surface area (Å²) in [6.07, 6.45) is 1.79. The number of fused-ring (bicyclic) bond motifs is 1. The van der Waals surface area contributed by atoms with Gasteiger partial charge in [-0.3, -0.25) is 4.98 Å². The number of pyridine rings is 1. The van der Waals surface area contributed by atoms with Crippen LogP contribution in [0.25, 0.3) is 50.5 Å². The average molecular weight is 818 g/mol. The Morgan fingerprint density at radius 3 is 1.73 bits per heavy atom. The van der Waals surface area contributed by atoms with Crippen molar-refractivity contribution < 1.29 is 20.1 Å². The van der Waals surface area contributed by atoms with E-state index < -0.39 is 0 Å². The van der Waals surface area contributed by atoms with Gasteiger partial charge in [-0.2, -0.15) is 0 Å². The van der Waals surface area contributed by atoms with Gasteiger partial charge in [-0.1, -0.05) is 102 Å². The quantitative estimate of drug-likeness (QED) is 0.150. The van der Waals surface area contributed by atoms with Crippen molar-refractivity contribution in [1.82, 2.24) is 14.5 Å². The first-order chi connectivity index (χ1) is 23.3. The summed E-state index contributed by atoms with van der Waals surface area (Å²) in [5.41, 5.74) is 12.9. The van der Waals surface area contributed by atoms with Crippen molar-refractivity contribution in [1.29, 1.82) is 0 Å². The van der Waals surface area contributed by atoms with Crippen molar-refractivity contribution in [2.24, 2.45) is 0 Å². The van der Waals surface area contributed by atoms with E-state index in [0.717, 1.165) is 33.7 Å². The molecule has 0 spiro atoms. The molecule has 0 aliphatic carbocycles. The molecule has 249 valence electrons. The molecular formula is C45H43IrN3-2. The maximum Gasteiger partial charge on any atom is 0.0780 e. The molecule has 0 unspecified atom stereocenters. The molecule has 0 bridgehead atoms. The summed E-state index contributed by atoms with van der Waals surface area (Å²) in [6.45, 7) is 13.8. The molecular weight excluding hydrogens is 775 g/mol. The maximum absolute atomic E-state index is 5.24. The van der Waals surface area contributed by atoms with Gasteiger partial charge in [-0.15, -0.1) is 71.8 Å². The molecule has 2 aromatic heterocycles. The van der Waals surface area contributed by atoms with E-state index in [0.29, 0.717) is 17.8 Å². The van der Waals surface area contributed by atoms with Crippen LogP contribution in [0, 0.1) is 12.1 Å². The molecule has 0 atom stereocenters. The topological polar surface area (TPSA) is 30.7 Å². The molecule has 0 N–H and O–H groups in total. The van der Waals surface area contributed by atoms with Crippen molar-refractivity contribution >= 4 is 11.0 Å². The number of nitrogens with zero attached hydrogens (tertiary/aromatic N) is 3. The zero-order chi connectivity index (χ0) is 33.6. The molecule has 0 saturated carbocycles. The molecule has 49 heavy (non-hydrogen) atoms. The maximum atomic E-state index is 5.24. The summed E-state index contributed by atoms with van der Waals surface area (Å²) in [7, 11) is 0. The van der Waals surface area contributed by atoms with Crippen LogP contribution >= 0.6 is 0 Å². The van der Waals surface area contributed by atoms with Crippen LogP contribution in [0.2, 0.25) is 0 Å². The van der Waals surface area contributed by atoms with Gasteiger partial charge in [0.05, 0.1) is 16.9 Å². The van der Waals surface area contributed by atoms with Gasteiger partial charge in [-0.25, -0.2) is 0 Å². The van der Waals surface area contributed by atoms with Gasteiger partial charge in [0.25, 0.3) is 0 Å². The van der Waals surface area contributed by atoms with E-state index in [4.69, 9.17) is 4.98 Å². The van der Waals surface area contributed by atoms with Gasteiger partial charge in [0.15, 0.2) is 0 Å². The molecule has 7 aromatic rings. The Hall–Kier alpha value is -4.63. The zero-order valence-corrected chi connectivity index (χ0v) is 31.5. The van der Waals surface area contributed by atoms with Gasteiger partial charge < -0.3 is 9.55 Å². The second-order valence-corrected chi connectivity index (χ2v) is 13.1. The third kappa shape index (κ3) is 7.99. The van der Waals surface area contributed by atoms with Crippen LogP contribution < -0.4 is 0 Å². The Labute approximate surface area is 305 Å². The van der Waals surface area contributed by atoms with Crippen molar-refractivity contribution in [3.8, 4) is 39.5 Å². The molecule has 4 heteroatoms. The number of aromatic nitrogens is 3. The van der Waals surface area contributed by atoms with Gasteiger partial charge in [0, 0.05) is 32.0 Å². The summed E-state index contributed by atoms with van der Waals surface area (Å²) in [4.78, 5) is 9.45. The number of benzene rings is 5. The standard InChI is InChI=1S/C34H35N2.C11H8N.Ir/c1-22(2)28-19-29(23(3)4)33(30(20-28)24(5)6)36-32-18-17-27(25-13-9-7-10-14-25)21-31(32)35-34(36)26-15-11-8-12-16-26;1-2-6-10(7-3-1)11-8-4-5-9-12-11;/h7-15,17-24H,1-6H3;1-6,8-9H;/q2*-1;. The number of imidazole rings is 1. The van der Waals surface area contributed by atoms with Crippen LogP contribution in [0.5, 0.6) is 0 Å². The van der Waals surface area contributed by atoms with Gasteiger partial charge in [0.2, 0.25) is 0 Å². The Morgan fingerprint density at radius 1 is 0.571 bits per heavy atom. The van der Waals surface area contributed by atoms with Crippen LogP contribution in [0.15, 0.2) is 134 Å². The fraction of sp³-hybridized carbons (Fsp3) is 0.200. The second kappa shape index (κ2) is 16.2. The summed E-state index contributed by atoms with van der Waals surface area (Å²) in [6, 6.07) is 50.5. The minimum absolute atomic E-state index is 0. The van der Waals surface area contributed by atoms with Crippen LogP contribution in [0.1, 0.15) is 76.0 Å². The minimum atomic E-state index is 0. The van der Waals surface area contributed by atoms with E-state index in [-0.39, 0.29) is 20.1 Å². The third-order valence-corrected chi connectivity index (χ3v) is 8.69. The Balaban J connectivity index is 0.000000303. The van der Waals surface area contributed by atoms with Crippen LogP contribution in [-0.2, 0) is 20.1 Å². The fourth-order valence-corrected chi connectivity index (χ4v) is 6.08. The fourth-order valence-electron chi connectivity index (χ4n) is 6.08. The molecule has 7 rings (SSSR count). The van der Waals surface area contributed by atoms with Crippen molar-refractivity contribution in [2.45, 2.75) is 59.3 Å². The Morgan fingerprint density at radius 2 is 1.18 bits per heavy atom. The Bertz CT molecular complexity index is 2020. The van der Waals surface area contributed by atoms with Gasteiger partial charge in [0.1, 0.15) is 0 Å². The molecule has 0 saturated heterocycles. The molecule has 2 heterocycles. The van der Waals surface area contributed by atoms with E-state index in [1.54, 1.807) is 6.20 Å². The van der Waals surface area contributed by atoms with E-state index >= 15 is 0 Å². The minimum Gasteiger partial charge on any atom is -0.333 e. The van der Waals surface area contributed by atoms with Crippen molar-refractivity contribution in [2.75, 3.05) is 0 Å². The number of hydrogen-bond acceptors (Lipinski definition) is 2. The summed E-state index contributed by atoms with van der Waals surface area (Å²) in [5, 5.41) is 0. The van der Waals surface area contributed by atoms with Gasteiger partial charge in [-0.05, 0) is 69.5 Å². The molecule has 5 aromatic carbocycles. The van der Waals surface area contributed by atoms with Crippen molar-refractivity contribution in [3.63, 3.8) is 0 Å². The zero-order valence-electron chi connectivity index (χ0n) is 29.1. The summed E-state index contributed by atoms with van der Waals surface area (Å²) < 4.78 is 2.39. The molecule has 0 aliphatic rings. The largest absolute Gasteiger partial charge is 0.333 e. The van der Waals surface area contributed by atoms with Crippen LogP contribution in [0.4, 0.5) is 0 Å². The SMILES string of the molecule is CC(C)c1cc(C(C)C)c(-n2c(-c3[c-]cccc3)nc3cc(-c4ccccc4)ccc32)c(C(C)C)c1.[Ir].[c-]1ccccc1-c1ccccn1. The van der Waals surface area contributed by atoms with E-state index in [9.17, 15) is 0 Å². The van der Waals surface area contributed by atoms with Gasteiger partial charge >= 0.3 is 0 Å². The first-order valence-electron chi connectivity index (χ1n) is 16.9. The molecule has 1 radical (unpaired) electrons. The molecule has 0 fully saturated rings. The Kier molecular flexibility index (Phi) is 11.8. The predicted molar refractivity (Wildman–Crippen MR) is 202 cm³/mol. The number of hydrogen-bond donors (Lipinski definition) is 0. The summed E-state index contributed by atoms with van der Waals surface area (Å²) >= 11 is 0. The van der Waals surface area contributed by atoms with Crippen LogP contribution in [0.3, 0.4) is 0 Å². The normalized spacial score (nSPS) is 11.0. The molecule has 3 nitrogen and oxygen atoms in total. The predicted octanol–water partition coefficient (Wildman–Crippen LogP) is 12.1. The van der Waals surface area contributed by atoms with Crippen molar-refractivity contribution in [3.05, 3.63) is 162 Å². The van der Waals surface area contributed by atoms with E-state index in [1.807, 2.05) is 54.6 Å². The smallest absolute Gasteiger partial charge is 0.0780 e. The first-order valence-corrected chi connectivity index (χ1v) is 16.9. The average Bonchev–Trinajstić information content (AvgIpc) is 3.51. The van der Waals surface area contributed by atoms with Crippen LogP contribution in [-0.4, -0.2) is 14.5 Å². The monoisotopic (exact) mass is 818 g/mol. The second-order valence-electron chi connectivity index (χ2n) is 13.1. The third-order valence-electron chi connectivity index (χ3n) is 8.69. The molecule has 0 aliphatic heterocycles. The number of rotatable bonds is 7.